The Morgan fingerprint density at radius 1 is 1.42 bits per heavy atom. The maximum absolute atomic E-state index is 12.5. The average Bonchev–Trinajstić information content (AvgIpc) is 2.28. The number of benzene rings is 1. The molecule has 0 radical (unpaired) electrons. The third-order valence-electron chi connectivity index (χ3n) is 2.94. The van der Waals surface area contributed by atoms with Crippen molar-refractivity contribution in [3.63, 3.8) is 0 Å². The van der Waals surface area contributed by atoms with Crippen molar-refractivity contribution in [1.82, 2.24) is 4.31 Å². The minimum atomic E-state index is -3.58. The minimum absolute atomic E-state index is 0. The third-order valence-corrected chi connectivity index (χ3v) is 6.25. The predicted molar refractivity (Wildman–Crippen MR) is 82.4 cm³/mol. The molecule has 1 saturated heterocycles. The fraction of sp³-hybridized carbons (Fsp3) is 0.455. The Balaban J connectivity index is 0.00000180. The van der Waals surface area contributed by atoms with E-state index in [0.29, 0.717) is 17.6 Å². The first-order valence-electron chi connectivity index (χ1n) is 5.62. The topological polar surface area (TPSA) is 63.4 Å². The SMILES string of the molecule is Cl.N[C@@H]1CCCN(S(=O)(=O)c2c(Cl)cccc2Br)C1. The Kier molecular flexibility index (Phi) is 6.10. The first-order valence-corrected chi connectivity index (χ1v) is 8.24. The van der Waals surface area contributed by atoms with Gasteiger partial charge >= 0.3 is 0 Å². The number of hydrogen-bond acceptors (Lipinski definition) is 3. The molecule has 0 bridgehead atoms. The lowest BCUT2D eigenvalue weighted by molar-refractivity contribution is 0.316. The van der Waals surface area contributed by atoms with E-state index in [1.54, 1.807) is 18.2 Å². The summed E-state index contributed by atoms with van der Waals surface area (Å²) in [7, 11) is -3.58. The Bertz CT molecular complexity index is 533. The Hall–Kier alpha value is 0.150. The Morgan fingerprint density at radius 3 is 2.68 bits per heavy atom. The van der Waals surface area contributed by atoms with Crippen LogP contribution in [0.3, 0.4) is 0 Å². The lowest BCUT2D eigenvalue weighted by Gasteiger charge is -2.30. The molecular formula is C11H15BrCl2N2O2S. The summed E-state index contributed by atoms with van der Waals surface area (Å²) < 4.78 is 27.0. The summed E-state index contributed by atoms with van der Waals surface area (Å²) in [4.78, 5) is 0.126. The van der Waals surface area contributed by atoms with Gasteiger partial charge in [0.05, 0.1) is 5.02 Å². The van der Waals surface area contributed by atoms with Gasteiger partial charge in [-0.3, -0.25) is 0 Å². The molecule has 0 aliphatic carbocycles. The van der Waals surface area contributed by atoms with Crippen molar-refractivity contribution < 1.29 is 8.42 Å². The van der Waals surface area contributed by atoms with Crippen molar-refractivity contribution in [2.45, 2.75) is 23.8 Å². The van der Waals surface area contributed by atoms with E-state index < -0.39 is 10.0 Å². The molecule has 1 aliphatic rings. The van der Waals surface area contributed by atoms with E-state index in [9.17, 15) is 8.42 Å². The molecule has 8 heteroatoms. The summed E-state index contributed by atoms with van der Waals surface area (Å²) in [5.41, 5.74) is 5.83. The molecule has 2 rings (SSSR count). The van der Waals surface area contributed by atoms with Crippen LogP contribution in [0.15, 0.2) is 27.6 Å². The molecule has 1 heterocycles. The maximum Gasteiger partial charge on any atom is 0.245 e. The third kappa shape index (κ3) is 3.62. The largest absolute Gasteiger partial charge is 0.327 e. The van der Waals surface area contributed by atoms with E-state index in [1.165, 1.54) is 4.31 Å². The molecule has 1 aliphatic heterocycles. The van der Waals surface area contributed by atoms with Crippen LogP contribution in [0.4, 0.5) is 0 Å². The summed E-state index contributed by atoms with van der Waals surface area (Å²) in [6.45, 7) is 0.841. The molecule has 1 aromatic rings. The highest BCUT2D eigenvalue weighted by atomic mass is 79.9. The van der Waals surface area contributed by atoms with E-state index in [-0.39, 0.29) is 28.4 Å². The molecule has 0 aromatic heterocycles. The number of rotatable bonds is 2. The molecule has 108 valence electrons. The van der Waals surface area contributed by atoms with Crippen LogP contribution >= 0.6 is 39.9 Å². The number of piperidine rings is 1. The number of sulfonamides is 1. The smallest absolute Gasteiger partial charge is 0.245 e. The normalized spacial score (nSPS) is 20.9. The molecule has 1 atom stereocenters. The second-order valence-corrected chi connectivity index (χ2v) is 7.45. The van der Waals surface area contributed by atoms with Gasteiger partial charge in [0.25, 0.3) is 0 Å². The van der Waals surface area contributed by atoms with Gasteiger partial charge in [-0.25, -0.2) is 8.42 Å². The van der Waals surface area contributed by atoms with E-state index >= 15 is 0 Å². The van der Waals surface area contributed by atoms with E-state index in [1.807, 2.05) is 0 Å². The minimum Gasteiger partial charge on any atom is -0.327 e. The zero-order valence-corrected chi connectivity index (χ0v) is 14.0. The van der Waals surface area contributed by atoms with Crippen molar-refractivity contribution in [3.8, 4) is 0 Å². The molecular weight excluding hydrogens is 375 g/mol. The van der Waals surface area contributed by atoms with Crippen molar-refractivity contribution in [1.29, 1.82) is 0 Å². The highest BCUT2D eigenvalue weighted by Gasteiger charge is 2.31. The molecule has 0 unspecified atom stereocenters. The fourth-order valence-electron chi connectivity index (χ4n) is 2.05. The fourth-order valence-corrected chi connectivity index (χ4v) is 5.26. The van der Waals surface area contributed by atoms with Crippen molar-refractivity contribution in [2.24, 2.45) is 5.73 Å². The molecule has 0 amide bonds. The first-order chi connectivity index (χ1) is 8.43. The second-order valence-electron chi connectivity index (χ2n) is 4.32. The molecule has 0 spiro atoms. The first kappa shape index (κ1) is 17.2. The van der Waals surface area contributed by atoms with Crippen LogP contribution in [0.25, 0.3) is 0 Å². The molecule has 1 aromatic carbocycles. The van der Waals surface area contributed by atoms with Crippen LogP contribution < -0.4 is 5.73 Å². The molecule has 0 saturated carbocycles. The van der Waals surface area contributed by atoms with Gasteiger partial charge in [0.2, 0.25) is 10.0 Å². The highest BCUT2D eigenvalue weighted by molar-refractivity contribution is 9.10. The predicted octanol–water partition coefficient (Wildman–Crippen LogP) is 2.64. The van der Waals surface area contributed by atoms with Gasteiger partial charge in [-0.05, 0) is 40.9 Å². The van der Waals surface area contributed by atoms with Crippen molar-refractivity contribution in [2.75, 3.05) is 13.1 Å². The molecule has 19 heavy (non-hydrogen) atoms. The van der Waals surface area contributed by atoms with Crippen molar-refractivity contribution in [3.05, 3.63) is 27.7 Å². The summed E-state index contributed by atoms with van der Waals surface area (Å²) in [6, 6.07) is 4.84. The van der Waals surface area contributed by atoms with Gasteiger partial charge in [0.1, 0.15) is 4.90 Å². The maximum atomic E-state index is 12.5. The van der Waals surface area contributed by atoms with Gasteiger partial charge in [-0.2, -0.15) is 4.31 Å². The summed E-state index contributed by atoms with van der Waals surface area (Å²) in [6.07, 6.45) is 1.64. The summed E-state index contributed by atoms with van der Waals surface area (Å²) in [5, 5.41) is 0.225. The van der Waals surface area contributed by atoms with Crippen LogP contribution in [-0.2, 0) is 10.0 Å². The van der Waals surface area contributed by atoms with E-state index in [2.05, 4.69) is 15.9 Å². The Labute approximate surface area is 132 Å². The average molecular weight is 390 g/mol. The lowest BCUT2D eigenvalue weighted by Crippen LogP contribution is -2.45. The standard InChI is InChI=1S/C11H14BrClN2O2S.ClH/c12-9-4-1-5-10(13)11(9)18(16,17)15-6-2-3-8(14)7-15;/h1,4-5,8H,2-3,6-7,14H2;1H/t8-;/m1./s1. The zero-order valence-electron chi connectivity index (χ0n) is 10.1. The lowest BCUT2D eigenvalue weighted by atomic mass is 10.1. The zero-order chi connectivity index (χ0) is 13.3. The van der Waals surface area contributed by atoms with Crippen LogP contribution in [0.1, 0.15) is 12.8 Å². The van der Waals surface area contributed by atoms with E-state index in [0.717, 1.165) is 12.8 Å². The second kappa shape index (κ2) is 6.74. The van der Waals surface area contributed by atoms with Crippen LogP contribution in [0, 0.1) is 0 Å². The highest BCUT2D eigenvalue weighted by Crippen LogP contribution is 2.32. The van der Waals surface area contributed by atoms with Gasteiger partial charge < -0.3 is 5.73 Å². The van der Waals surface area contributed by atoms with Crippen LogP contribution in [-0.4, -0.2) is 31.9 Å². The van der Waals surface area contributed by atoms with E-state index in [4.69, 9.17) is 17.3 Å². The molecule has 4 nitrogen and oxygen atoms in total. The number of nitrogens with zero attached hydrogens (tertiary/aromatic N) is 1. The Morgan fingerprint density at radius 2 is 2.11 bits per heavy atom. The number of halogens is 3. The number of hydrogen-bond donors (Lipinski definition) is 1. The van der Waals surface area contributed by atoms with Gasteiger partial charge in [0.15, 0.2) is 0 Å². The van der Waals surface area contributed by atoms with Gasteiger partial charge in [-0.1, -0.05) is 17.7 Å². The van der Waals surface area contributed by atoms with Crippen LogP contribution in [0.2, 0.25) is 5.02 Å². The van der Waals surface area contributed by atoms with Gasteiger partial charge in [0, 0.05) is 23.6 Å². The summed E-state index contributed by atoms with van der Waals surface area (Å²) in [5.74, 6) is 0. The van der Waals surface area contributed by atoms with Crippen LogP contribution in [0.5, 0.6) is 0 Å². The monoisotopic (exact) mass is 388 g/mol. The van der Waals surface area contributed by atoms with Crippen molar-refractivity contribution >= 4 is 50.0 Å². The molecule has 2 N–H and O–H groups in total. The summed E-state index contributed by atoms with van der Waals surface area (Å²) >= 11 is 9.25. The van der Waals surface area contributed by atoms with Gasteiger partial charge in [-0.15, -0.1) is 12.4 Å². The quantitative estimate of drug-likeness (QED) is 0.845. The number of nitrogens with two attached hydrogens (primary N) is 1. The molecule has 1 fully saturated rings.